The first-order valence-corrected chi connectivity index (χ1v) is 4.53. The smallest absolute Gasteiger partial charge is 0.336 e. The van der Waals surface area contributed by atoms with Crippen LogP contribution in [0.4, 0.5) is 8.78 Å². The van der Waals surface area contributed by atoms with Gasteiger partial charge < -0.3 is 9.52 Å². The number of carboxylic acid groups (broad SMARTS) is 1. The first-order valence-electron chi connectivity index (χ1n) is 4.53. The molecule has 1 aromatic heterocycles. The minimum Gasteiger partial charge on any atom is -0.478 e. The zero-order chi connectivity index (χ0) is 11.9. The van der Waals surface area contributed by atoms with E-state index in [-0.39, 0.29) is 16.5 Å². The topological polar surface area (TPSA) is 50.4 Å². The summed E-state index contributed by atoms with van der Waals surface area (Å²) in [6.45, 7) is 0.704. The van der Waals surface area contributed by atoms with E-state index in [0.717, 1.165) is 6.26 Å². The summed E-state index contributed by atoms with van der Waals surface area (Å²) in [6, 6.07) is 4.18. The first kappa shape index (κ1) is 10.6. The Labute approximate surface area is 89.3 Å². The molecule has 0 unspecified atom stereocenters. The van der Waals surface area contributed by atoms with Crippen LogP contribution in [-0.4, -0.2) is 11.1 Å². The highest BCUT2D eigenvalue weighted by atomic mass is 19.3. The zero-order valence-corrected chi connectivity index (χ0v) is 8.33. The fourth-order valence-electron chi connectivity index (χ4n) is 1.59. The van der Waals surface area contributed by atoms with Gasteiger partial charge in [0.2, 0.25) is 0 Å². The van der Waals surface area contributed by atoms with Gasteiger partial charge in [-0.25, -0.2) is 13.6 Å². The molecule has 0 spiro atoms. The second-order valence-electron chi connectivity index (χ2n) is 3.52. The van der Waals surface area contributed by atoms with Gasteiger partial charge in [-0.3, -0.25) is 0 Å². The number of carbonyl (C=O) groups is 1. The number of halogens is 2. The van der Waals surface area contributed by atoms with E-state index in [1.807, 2.05) is 0 Å². The van der Waals surface area contributed by atoms with Gasteiger partial charge in [0.1, 0.15) is 11.8 Å². The van der Waals surface area contributed by atoms with E-state index < -0.39 is 17.5 Å². The molecule has 16 heavy (non-hydrogen) atoms. The molecule has 2 aromatic rings. The Morgan fingerprint density at radius 3 is 2.69 bits per heavy atom. The van der Waals surface area contributed by atoms with E-state index in [1.165, 1.54) is 18.2 Å². The van der Waals surface area contributed by atoms with Gasteiger partial charge in [-0.15, -0.1) is 0 Å². The Kier molecular flexibility index (Phi) is 2.18. The minimum atomic E-state index is -3.13. The van der Waals surface area contributed by atoms with Crippen LogP contribution in [0.15, 0.2) is 28.9 Å². The molecule has 84 valence electrons. The van der Waals surface area contributed by atoms with Gasteiger partial charge in [0.05, 0.1) is 11.1 Å². The monoisotopic (exact) mass is 226 g/mol. The molecule has 0 saturated heterocycles. The van der Waals surface area contributed by atoms with Gasteiger partial charge in [0, 0.05) is 12.3 Å². The number of rotatable bonds is 2. The van der Waals surface area contributed by atoms with Crippen molar-refractivity contribution >= 4 is 16.9 Å². The van der Waals surface area contributed by atoms with Crippen molar-refractivity contribution in [3.05, 3.63) is 35.6 Å². The molecule has 0 radical (unpaired) electrons. The van der Waals surface area contributed by atoms with Gasteiger partial charge in [0.25, 0.3) is 5.92 Å². The van der Waals surface area contributed by atoms with E-state index in [2.05, 4.69) is 0 Å². The van der Waals surface area contributed by atoms with Crippen LogP contribution in [0.1, 0.15) is 22.8 Å². The predicted octanol–water partition coefficient (Wildman–Crippen LogP) is 3.24. The molecular weight excluding hydrogens is 218 g/mol. The summed E-state index contributed by atoms with van der Waals surface area (Å²) in [5.74, 6) is -4.38. The largest absolute Gasteiger partial charge is 0.478 e. The molecule has 1 N–H and O–H groups in total. The molecule has 0 atom stereocenters. The average molecular weight is 226 g/mol. The molecule has 5 heteroatoms. The van der Waals surface area contributed by atoms with Crippen molar-refractivity contribution in [1.29, 1.82) is 0 Å². The third-order valence-electron chi connectivity index (χ3n) is 2.30. The molecular formula is C11H8F2O3. The van der Waals surface area contributed by atoms with Gasteiger partial charge in [-0.05, 0) is 12.1 Å². The maximum absolute atomic E-state index is 13.2. The molecule has 1 aromatic carbocycles. The highest BCUT2D eigenvalue weighted by Crippen LogP contribution is 2.36. The van der Waals surface area contributed by atoms with Gasteiger partial charge in [0.15, 0.2) is 0 Å². The van der Waals surface area contributed by atoms with E-state index in [1.54, 1.807) is 0 Å². The number of alkyl halides is 2. The molecule has 0 fully saturated rings. The lowest BCUT2D eigenvalue weighted by molar-refractivity contribution is 0.0182. The number of hydrogen-bond acceptors (Lipinski definition) is 2. The van der Waals surface area contributed by atoms with Crippen LogP contribution >= 0.6 is 0 Å². The van der Waals surface area contributed by atoms with Crippen LogP contribution in [0.5, 0.6) is 0 Å². The van der Waals surface area contributed by atoms with Crippen LogP contribution < -0.4 is 0 Å². The summed E-state index contributed by atoms with van der Waals surface area (Å²) in [5.41, 5.74) is -0.431. The number of aromatic carboxylic acids is 1. The van der Waals surface area contributed by atoms with Crippen molar-refractivity contribution in [1.82, 2.24) is 0 Å². The number of carboxylic acids is 1. The van der Waals surface area contributed by atoms with Crippen molar-refractivity contribution in [3.63, 3.8) is 0 Å². The third kappa shape index (κ3) is 1.54. The first-order chi connectivity index (χ1) is 7.41. The summed E-state index contributed by atoms with van der Waals surface area (Å²) >= 11 is 0. The van der Waals surface area contributed by atoms with Crippen LogP contribution in [0.3, 0.4) is 0 Å². The summed E-state index contributed by atoms with van der Waals surface area (Å²) < 4.78 is 31.3. The predicted molar refractivity (Wildman–Crippen MR) is 52.7 cm³/mol. The van der Waals surface area contributed by atoms with E-state index in [9.17, 15) is 13.6 Å². The molecule has 0 amide bonds. The van der Waals surface area contributed by atoms with Crippen LogP contribution in [0.2, 0.25) is 0 Å². The van der Waals surface area contributed by atoms with Crippen molar-refractivity contribution in [2.45, 2.75) is 12.8 Å². The van der Waals surface area contributed by atoms with E-state index in [4.69, 9.17) is 9.52 Å². The summed E-state index contributed by atoms with van der Waals surface area (Å²) in [4.78, 5) is 10.9. The van der Waals surface area contributed by atoms with Crippen molar-refractivity contribution in [2.75, 3.05) is 0 Å². The average Bonchev–Trinajstić information content (AvgIpc) is 2.59. The Bertz CT molecular complexity index is 552. The number of hydrogen-bond donors (Lipinski definition) is 1. The zero-order valence-electron chi connectivity index (χ0n) is 8.33. The normalized spacial score (nSPS) is 11.9. The Morgan fingerprint density at radius 2 is 2.12 bits per heavy atom. The number of benzene rings is 1. The second-order valence-corrected chi connectivity index (χ2v) is 3.52. The van der Waals surface area contributed by atoms with Crippen molar-refractivity contribution in [3.8, 4) is 0 Å². The lowest BCUT2D eigenvalue weighted by Crippen LogP contribution is -2.08. The highest BCUT2D eigenvalue weighted by molar-refractivity contribution is 6.03. The quantitative estimate of drug-likeness (QED) is 0.855. The summed E-state index contributed by atoms with van der Waals surface area (Å²) in [7, 11) is 0. The summed E-state index contributed by atoms with van der Waals surface area (Å²) in [6.07, 6.45) is 0.900. The van der Waals surface area contributed by atoms with Crippen LogP contribution in [-0.2, 0) is 5.92 Å². The maximum Gasteiger partial charge on any atom is 0.336 e. The third-order valence-corrected chi connectivity index (χ3v) is 2.30. The summed E-state index contributed by atoms with van der Waals surface area (Å²) in [5, 5.41) is 8.87. The lowest BCUT2D eigenvalue weighted by Gasteiger charge is -2.08. The second kappa shape index (κ2) is 3.30. The fraction of sp³-hybridized carbons (Fsp3) is 0.182. The molecule has 0 aliphatic rings. The SMILES string of the molecule is CC(F)(F)c1coc2cccc(C(=O)O)c12. The number of furan rings is 1. The molecule has 0 bridgehead atoms. The van der Waals surface area contributed by atoms with Crippen LogP contribution in [0, 0.1) is 0 Å². The fourth-order valence-corrected chi connectivity index (χ4v) is 1.59. The number of fused-ring (bicyclic) bond motifs is 1. The standard InChI is InChI=1S/C11H8F2O3/c1-11(12,13)7-5-16-8-4-2-3-6(9(7)8)10(14)15/h2-5H,1H3,(H,14,15). The molecule has 0 aliphatic heterocycles. The molecule has 2 rings (SSSR count). The molecule has 0 saturated carbocycles. The van der Waals surface area contributed by atoms with Crippen LogP contribution in [0.25, 0.3) is 11.0 Å². The Morgan fingerprint density at radius 1 is 1.44 bits per heavy atom. The van der Waals surface area contributed by atoms with Gasteiger partial charge in [-0.2, -0.15) is 0 Å². The van der Waals surface area contributed by atoms with Gasteiger partial charge >= 0.3 is 5.97 Å². The van der Waals surface area contributed by atoms with Crippen molar-refractivity contribution in [2.24, 2.45) is 0 Å². The Hall–Kier alpha value is -1.91. The maximum atomic E-state index is 13.2. The van der Waals surface area contributed by atoms with E-state index >= 15 is 0 Å². The molecule has 1 heterocycles. The molecule has 3 nitrogen and oxygen atoms in total. The Balaban J connectivity index is 2.83. The highest BCUT2D eigenvalue weighted by Gasteiger charge is 2.31. The van der Waals surface area contributed by atoms with E-state index in [0.29, 0.717) is 6.92 Å². The van der Waals surface area contributed by atoms with Gasteiger partial charge in [-0.1, -0.05) is 6.07 Å². The lowest BCUT2D eigenvalue weighted by atomic mass is 10.0. The van der Waals surface area contributed by atoms with Crippen molar-refractivity contribution < 1.29 is 23.1 Å². The minimum absolute atomic E-state index is 0.0394. The molecule has 0 aliphatic carbocycles.